The standard InChI is InChI=1S/C19H26FN3O3S/c1-18(2,3)26-17(24)23-15(11-20)16(25-19(23,4)5)13-7-9-14(10-8-13)27(6)22-12-21/h7-10,15-16H,11H2,1-6H3/t15-,16-,27?/m1/s1. The Kier molecular flexibility index (Phi) is 6.28. The Labute approximate surface area is 162 Å². The molecule has 0 N–H and O–H groups in total. The van der Waals surface area contributed by atoms with Crippen LogP contribution in [0.1, 0.15) is 46.3 Å². The van der Waals surface area contributed by atoms with E-state index in [0.717, 1.165) is 10.5 Å². The second-order valence-electron chi connectivity index (χ2n) is 7.80. The topological polar surface area (TPSA) is 74.9 Å². The van der Waals surface area contributed by atoms with E-state index < -0.39 is 46.9 Å². The first-order chi connectivity index (χ1) is 12.5. The van der Waals surface area contributed by atoms with Gasteiger partial charge in [0, 0.05) is 4.90 Å². The molecule has 1 aromatic carbocycles. The summed E-state index contributed by atoms with van der Waals surface area (Å²) in [7, 11) is -0.530. The lowest BCUT2D eigenvalue weighted by Crippen LogP contribution is -2.50. The van der Waals surface area contributed by atoms with Crippen LogP contribution in [0.5, 0.6) is 0 Å². The average molecular weight is 396 g/mol. The lowest BCUT2D eigenvalue weighted by molar-refractivity contribution is -0.0797. The SMILES string of the molecule is C/S(=N/C#N)c1ccc([C@H]2OC(C)(C)N(C(=O)OC(C)(C)C)[C@@H]2CF)cc1. The zero-order chi connectivity index (χ0) is 20.4. The summed E-state index contributed by atoms with van der Waals surface area (Å²) in [4.78, 5) is 14.9. The molecule has 1 aliphatic rings. The van der Waals surface area contributed by atoms with Gasteiger partial charge in [0.05, 0.1) is 6.04 Å². The first-order valence-corrected chi connectivity index (χ1v) is 10.2. The smallest absolute Gasteiger partial charge is 0.413 e. The maximum atomic E-state index is 13.9. The van der Waals surface area contributed by atoms with Crippen LogP contribution in [0.15, 0.2) is 33.5 Å². The van der Waals surface area contributed by atoms with Gasteiger partial charge < -0.3 is 9.47 Å². The van der Waals surface area contributed by atoms with Crippen molar-refractivity contribution < 1.29 is 18.7 Å². The molecule has 0 bridgehead atoms. The van der Waals surface area contributed by atoms with E-state index >= 15 is 0 Å². The van der Waals surface area contributed by atoms with Crippen molar-refractivity contribution in [1.29, 1.82) is 5.26 Å². The van der Waals surface area contributed by atoms with Crippen LogP contribution in [-0.2, 0) is 20.2 Å². The van der Waals surface area contributed by atoms with Gasteiger partial charge in [-0.2, -0.15) is 5.26 Å². The summed E-state index contributed by atoms with van der Waals surface area (Å²) >= 11 is 0. The molecule has 0 radical (unpaired) electrons. The molecule has 6 nitrogen and oxygen atoms in total. The summed E-state index contributed by atoms with van der Waals surface area (Å²) in [5, 5.41) is 8.69. The number of nitrogens with zero attached hydrogens (tertiary/aromatic N) is 3. The average Bonchev–Trinajstić information content (AvgIpc) is 2.84. The van der Waals surface area contributed by atoms with E-state index in [0.29, 0.717) is 0 Å². The number of halogens is 1. The molecule has 148 valence electrons. The van der Waals surface area contributed by atoms with Crippen LogP contribution in [0.3, 0.4) is 0 Å². The molecule has 1 unspecified atom stereocenters. The number of benzene rings is 1. The van der Waals surface area contributed by atoms with Crippen LogP contribution in [0.4, 0.5) is 9.18 Å². The summed E-state index contributed by atoms with van der Waals surface area (Å²) in [6.45, 7) is 8.00. The normalized spacial score (nSPS) is 23.1. The van der Waals surface area contributed by atoms with E-state index in [2.05, 4.69) is 4.36 Å². The molecule has 0 spiro atoms. The Morgan fingerprint density at radius 2 is 2.00 bits per heavy atom. The molecular formula is C19H26FN3O3S. The van der Waals surface area contributed by atoms with Crippen LogP contribution >= 0.6 is 0 Å². The highest BCUT2D eigenvalue weighted by molar-refractivity contribution is 7.86. The monoisotopic (exact) mass is 395 g/mol. The third-order valence-corrected chi connectivity index (χ3v) is 5.46. The summed E-state index contributed by atoms with van der Waals surface area (Å²) < 4.78 is 29.3. The Morgan fingerprint density at radius 3 is 2.48 bits per heavy atom. The van der Waals surface area contributed by atoms with E-state index in [-0.39, 0.29) is 0 Å². The second-order valence-corrected chi connectivity index (χ2v) is 9.41. The lowest BCUT2D eigenvalue weighted by Gasteiger charge is -2.34. The van der Waals surface area contributed by atoms with Crippen LogP contribution in [0, 0.1) is 11.5 Å². The van der Waals surface area contributed by atoms with Gasteiger partial charge in [-0.3, -0.25) is 4.90 Å². The van der Waals surface area contributed by atoms with Crippen LogP contribution in [0.2, 0.25) is 0 Å². The first-order valence-electron chi connectivity index (χ1n) is 8.62. The van der Waals surface area contributed by atoms with Gasteiger partial charge >= 0.3 is 6.09 Å². The predicted octanol–water partition coefficient (Wildman–Crippen LogP) is 4.34. The van der Waals surface area contributed by atoms with E-state index in [1.807, 2.05) is 30.5 Å². The van der Waals surface area contributed by atoms with Gasteiger partial charge in [-0.25, -0.2) is 9.18 Å². The molecule has 8 heteroatoms. The van der Waals surface area contributed by atoms with Crippen LogP contribution in [-0.4, -0.2) is 41.3 Å². The maximum absolute atomic E-state index is 13.9. The number of rotatable bonds is 3. The Bertz CT molecular complexity index is 766. The highest BCUT2D eigenvalue weighted by Crippen LogP contribution is 2.42. The molecular weight excluding hydrogens is 369 g/mol. The van der Waals surface area contributed by atoms with Gasteiger partial charge in [0.2, 0.25) is 6.19 Å². The first kappa shape index (κ1) is 21.3. The van der Waals surface area contributed by atoms with Gasteiger partial charge in [-0.05, 0) is 58.6 Å². The fourth-order valence-corrected chi connectivity index (χ4v) is 3.81. The number of nitriles is 1. The van der Waals surface area contributed by atoms with Crippen LogP contribution in [0.25, 0.3) is 0 Å². The number of amides is 1. The van der Waals surface area contributed by atoms with E-state index in [1.165, 1.54) is 4.90 Å². The minimum atomic E-state index is -1.01. The van der Waals surface area contributed by atoms with Gasteiger partial charge in [-0.15, -0.1) is 4.36 Å². The molecule has 1 aliphatic heterocycles. The van der Waals surface area contributed by atoms with E-state index in [9.17, 15) is 9.18 Å². The molecule has 1 heterocycles. The minimum Gasteiger partial charge on any atom is -0.444 e. The van der Waals surface area contributed by atoms with Gasteiger partial charge in [0.25, 0.3) is 0 Å². The zero-order valence-corrected chi connectivity index (χ0v) is 17.3. The molecule has 1 saturated heterocycles. The molecule has 27 heavy (non-hydrogen) atoms. The molecule has 0 saturated carbocycles. The minimum absolute atomic E-state index is 0.530. The maximum Gasteiger partial charge on any atom is 0.413 e. The highest BCUT2D eigenvalue weighted by Gasteiger charge is 2.51. The zero-order valence-electron chi connectivity index (χ0n) is 16.5. The Hall–Kier alpha value is -1.98. The third-order valence-electron chi connectivity index (χ3n) is 4.15. The van der Waals surface area contributed by atoms with Crippen LogP contribution < -0.4 is 0 Å². The van der Waals surface area contributed by atoms with Crippen molar-refractivity contribution in [2.45, 2.75) is 63.0 Å². The van der Waals surface area contributed by atoms with E-state index in [4.69, 9.17) is 14.7 Å². The third kappa shape index (κ3) is 4.85. The molecule has 0 aromatic heterocycles. The van der Waals surface area contributed by atoms with Crippen molar-refractivity contribution in [3.8, 4) is 6.19 Å². The molecule has 0 aliphatic carbocycles. The molecule has 1 fully saturated rings. The number of carbonyl (C=O) groups is 1. The van der Waals surface area contributed by atoms with Gasteiger partial charge in [-0.1, -0.05) is 22.8 Å². The van der Waals surface area contributed by atoms with Crippen molar-refractivity contribution in [2.75, 3.05) is 12.9 Å². The van der Waals surface area contributed by atoms with Crippen molar-refractivity contribution in [1.82, 2.24) is 4.90 Å². The lowest BCUT2D eigenvalue weighted by atomic mass is 10.0. The highest BCUT2D eigenvalue weighted by atomic mass is 32.2. The Balaban J connectivity index is 2.32. The van der Waals surface area contributed by atoms with Crippen molar-refractivity contribution in [3.05, 3.63) is 29.8 Å². The van der Waals surface area contributed by atoms with Gasteiger partial charge in [0.15, 0.2) is 0 Å². The summed E-state index contributed by atoms with van der Waals surface area (Å²) in [5.41, 5.74) is -0.933. The number of ether oxygens (including phenoxy) is 2. The van der Waals surface area contributed by atoms with Gasteiger partial charge in [0.1, 0.15) is 24.1 Å². The molecule has 2 rings (SSSR count). The molecule has 1 amide bonds. The van der Waals surface area contributed by atoms with Crippen molar-refractivity contribution >= 4 is 16.8 Å². The number of hydrogen-bond donors (Lipinski definition) is 0. The molecule has 3 atom stereocenters. The summed E-state index contributed by atoms with van der Waals surface area (Å²) in [6, 6.07) is 6.56. The largest absolute Gasteiger partial charge is 0.444 e. The van der Waals surface area contributed by atoms with Crippen molar-refractivity contribution in [3.63, 3.8) is 0 Å². The van der Waals surface area contributed by atoms with Crippen molar-refractivity contribution in [2.24, 2.45) is 4.36 Å². The Morgan fingerprint density at radius 1 is 1.41 bits per heavy atom. The number of hydrogen-bond acceptors (Lipinski definition) is 5. The molecule has 1 aromatic rings. The fraction of sp³-hybridized carbons (Fsp3) is 0.579. The number of alkyl halides is 1. The quantitative estimate of drug-likeness (QED) is 0.714. The van der Waals surface area contributed by atoms with E-state index in [1.54, 1.807) is 40.8 Å². The number of carbonyl (C=O) groups excluding carboxylic acids is 1. The summed E-state index contributed by atoms with van der Waals surface area (Å²) in [5.74, 6) is 0. The second kappa shape index (κ2) is 7.95. The summed E-state index contributed by atoms with van der Waals surface area (Å²) in [6.07, 6.45) is 2.44. The predicted molar refractivity (Wildman–Crippen MR) is 102 cm³/mol. The fourth-order valence-electron chi connectivity index (χ4n) is 3.06.